The quantitative estimate of drug-likeness (QED) is 0.300. The minimum absolute atomic E-state index is 0. The number of nitrogens with one attached hydrogen (secondary N) is 2. The molecule has 0 aromatic heterocycles. The molecule has 1 aliphatic rings. The van der Waals surface area contributed by atoms with Gasteiger partial charge in [0.25, 0.3) is 0 Å². The van der Waals surface area contributed by atoms with Crippen LogP contribution < -0.4 is 10.6 Å². The third-order valence-electron chi connectivity index (χ3n) is 3.60. The topological polar surface area (TPSA) is 69.1 Å². The van der Waals surface area contributed by atoms with Gasteiger partial charge in [-0.3, -0.25) is 9.89 Å². The molecule has 0 amide bonds. The van der Waals surface area contributed by atoms with Crippen molar-refractivity contribution in [2.24, 2.45) is 10.9 Å². The highest BCUT2D eigenvalue weighted by Crippen LogP contribution is 2.09. The Kier molecular flexibility index (Phi) is 12.2. The van der Waals surface area contributed by atoms with Gasteiger partial charge >= 0.3 is 0 Å². The molecule has 0 spiro atoms. The summed E-state index contributed by atoms with van der Waals surface area (Å²) in [6, 6.07) is 0. The maximum atomic E-state index is 10.6. The highest BCUT2D eigenvalue weighted by atomic mass is 127. The van der Waals surface area contributed by atoms with Crippen molar-refractivity contribution in [3.05, 3.63) is 0 Å². The van der Waals surface area contributed by atoms with Crippen molar-refractivity contribution < 1.29 is 9.84 Å². The maximum Gasteiger partial charge on any atom is 0.191 e. The van der Waals surface area contributed by atoms with Crippen LogP contribution in [0, 0.1) is 5.92 Å². The van der Waals surface area contributed by atoms with Crippen LogP contribution in [0.25, 0.3) is 0 Å². The Morgan fingerprint density at radius 1 is 1.30 bits per heavy atom. The largest absolute Gasteiger partial charge is 0.387 e. The lowest BCUT2D eigenvalue weighted by atomic mass is 10.1. The summed E-state index contributed by atoms with van der Waals surface area (Å²) in [7, 11) is 0. The maximum absolute atomic E-state index is 10.6. The second kappa shape index (κ2) is 12.3. The molecule has 0 aromatic rings. The molecule has 1 heterocycles. The van der Waals surface area contributed by atoms with Crippen molar-refractivity contribution in [1.29, 1.82) is 0 Å². The van der Waals surface area contributed by atoms with Crippen LogP contribution in [0.4, 0.5) is 0 Å². The molecule has 7 heteroatoms. The van der Waals surface area contributed by atoms with Crippen LogP contribution in [0.3, 0.4) is 0 Å². The number of halogens is 1. The number of hydrogen-bond donors (Lipinski definition) is 3. The predicted octanol–water partition coefficient (Wildman–Crippen LogP) is 1.29. The van der Waals surface area contributed by atoms with Crippen LogP contribution in [-0.2, 0) is 4.74 Å². The Bertz CT molecular complexity index is 332. The van der Waals surface area contributed by atoms with Gasteiger partial charge in [-0.15, -0.1) is 24.0 Å². The van der Waals surface area contributed by atoms with E-state index in [-0.39, 0.29) is 24.0 Å². The van der Waals surface area contributed by atoms with Crippen LogP contribution in [0.15, 0.2) is 4.99 Å². The van der Waals surface area contributed by atoms with Crippen LogP contribution in [0.2, 0.25) is 0 Å². The fraction of sp³-hybridized carbons (Fsp3) is 0.938. The summed E-state index contributed by atoms with van der Waals surface area (Å²) >= 11 is 0. The van der Waals surface area contributed by atoms with Crippen LogP contribution in [0.5, 0.6) is 0 Å². The van der Waals surface area contributed by atoms with E-state index in [1.807, 2.05) is 13.8 Å². The molecule has 0 saturated carbocycles. The van der Waals surface area contributed by atoms with Gasteiger partial charge in [-0.1, -0.05) is 13.8 Å². The Morgan fingerprint density at radius 2 is 1.96 bits per heavy atom. The fourth-order valence-corrected chi connectivity index (χ4v) is 2.36. The molecular formula is C16H35IN4O2. The van der Waals surface area contributed by atoms with Gasteiger partial charge in [0.05, 0.1) is 25.4 Å². The first-order chi connectivity index (χ1) is 10.4. The third-order valence-corrected chi connectivity index (χ3v) is 3.60. The summed E-state index contributed by atoms with van der Waals surface area (Å²) in [6.45, 7) is 14.3. The molecule has 138 valence electrons. The van der Waals surface area contributed by atoms with Crippen molar-refractivity contribution in [3.63, 3.8) is 0 Å². The van der Waals surface area contributed by atoms with Gasteiger partial charge in [-0.25, -0.2) is 0 Å². The fourth-order valence-electron chi connectivity index (χ4n) is 2.36. The number of β-amino-alcohol motifs (C(OH)–C–C–N with tert-alkyl or cyclic N) is 1. The van der Waals surface area contributed by atoms with Crippen molar-refractivity contribution in [1.82, 2.24) is 15.5 Å². The SMILES string of the molecule is CCNC(=NCC(C)(O)CN1CCOCC1)NCCC(C)C.I. The number of nitrogens with zero attached hydrogens (tertiary/aromatic N) is 2. The van der Waals surface area contributed by atoms with Gasteiger partial charge in [0, 0.05) is 32.7 Å². The number of ether oxygens (including phenoxy) is 1. The Morgan fingerprint density at radius 3 is 2.52 bits per heavy atom. The van der Waals surface area contributed by atoms with E-state index >= 15 is 0 Å². The van der Waals surface area contributed by atoms with Gasteiger partial charge in [-0.2, -0.15) is 0 Å². The molecule has 0 aliphatic carbocycles. The van der Waals surface area contributed by atoms with Gasteiger partial charge in [-0.05, 0) is 26.2 Å². The number of aliphatic hydroxyl groups is 1. The second-order valence-corrected chi connectivity index (χ2v) is 6.69. The average molecular weight is 442 g/mol. The van der Waals surface area contributed by atoms with Gasteiger partial charge < -0.3 is 20.5 Å². The van der Waals surface area contributed by atoms with E-state index in [9.17, 15) is 5.11 Å². The molecule has 1 rings (SSSR count). The van der Waals surface area contributed by atoms with Crippen LogP contribution in [0.1, 0.15) is 34.1 Å². The van der Waals surface area contributed by atoms with E-state index < -0.39 is 5.60 Å². The number of aliphatic imine (C=N–C) groups is 1. The molecule has 1 fully saturated rings. The first-order valence-corrected chi connectivity index (χ1v) is 8.47. The zero-order valence-corrected chi connectivity index (χ0v) is 17.4. The molecule has 1 aliphatic heterocycles. The zero-order chi connectivity index (χ0) is 16.4. The van der Waals surface area contributed by atoms with Gasteiger partial charge in [0.15, 0.2) is 5.96 Å². The monoisotopic (exact) mass is 442 g/mol. The van der Waals surface area contributed by atoms with Crippen molar-refractivity contribution in [2.75, 3.05) is 52.5 Å². The van der Waals surface area contributed by atoms with E-state index in [4.69, 9.17) is 4.74 Å². The highest BCUT2D eigenvalue weighted by Gasteiger charge is 2.25. The standard InChI is InChI=1S/C16H34N4O2.HI/c1-5-17-15(18-7-6-14(2)3)19-12-16(4,21)13-20-8-10-22-11-9-20;/h14,21H,5-13H2,1-4H3,(H2,17,18,19);1H. The first kappa shape index (κ1) is 22.9. The Hall–Kier alpha value is -0.120. The van der Waals surface area contributed by atoms with E-state index in [1.165, 1.54) is 0 Å². The Labute approximate surface area is 158 Å². The number of morpholine rings is 1. The molecule has 6 nitrogen and oxygen atoms in total. The molecule has 0 aromatic carbocycles. The van der Waals surface area contributed by atoms with Crippen LogP contribution >= 0.6 is 24.0 Å². The first-order valence-electron chi connectivity index (χ1n) is 8.47. The van der Waals surface area contributed by atoms with Crippen molar-refractivity contribution in [3.8, 4) is 0 Å². The molecular weight excluding hydrogens is 407 g/mol. The summed E-state index contributed by atoms with van der Waals surface area (Å²) in [6.07, 6.45) is 1.11. The Balaban J connectivity index is 0.00000484. The molecule has 1 saturated heterocycles. The minimum atomic E-state index is -0.822. The molecule has 1 atom stereocenters. The summed E-state index contributed by atoms with van der Waals surface area (Å²) in [4.78, 5) is 6.77. The molecule has 23 heavy (non-hydrogen) atoms. The summed E-state index contributed by atoms with van der Waals surface area (Å²) < 4.78 is 5.34. The second-order valence-electron chi connectivity index (χ2n) is 6.69. The number of rotatable bonds is 8. The molecule has 3 N–H and O–H groups in total. The molecule has 0 bridgehead atoms. The smallest absolute Gasteiger partial charge is 0.191 e. The zero-order valence-electron chi connectivity index (χ0n) is 15.1. The number of hydrogen-bond acceptors (Lipinski definition) is 4. The summed E-state index contributed by atoms with van der Waals surface area (Å²) in [5.74, 6) is 1.45. The lowest BCUT2D eigenvalue weighted by molar-refractivity contribution is -0.0179. The van der Waals surface area contributed by atoms with Gasteiger partial charge in [0.2, 0.25) is 0 Å². The summed E-state index contributed by atoms with van der Waals surface area (Å²) in [5, 5.41) is 17.1. The predicted molar refractivity (Wildman–Crippen MR) is 107 cm³/mol. The van der Waals surface area contributed by atoms with Crippen molar-refractivity contribution >= 4 is 29.9 Å². The van der Waals surface area contributed by atoms with E-state index in [0.717, 1.165) is 51.8 Å². The third kappa shape index (κ3) is 11.1. The van der Waals surface area contributed by atoms with E-state index in [1.54, 1.807) is 0 Å². The molecule has 0 radical (unpaired) electrons. The lowest BCUT2D eigenvalue weighted by Gasteiger charge is -2.33. The van der Waals surface area contributed by atoms with E-state index in [2.05, 4.69) is 34.4 Å². The van der Waals surface area contributed by atoms with Gasteiger partial charge in [0.1, 0.15) is 0 Å². The average Bonchev–Trinajstić information content (AvgIpc) is 2.45. The van der Waals surface area contributed by atoms with Crippen molar-refractivity contribution in [2.45, 2.75) is 39.7 Å². The molecule has 1 unspecified atom stereocenters. The minimum Gasteiger partial charge on any atom is -0.387 e. The van der Waals surface area contributed by atoms with Crippen LogP contribution in [-0.4, -0.2) is 74.0 Å². The normalized spacial score (nSPS) is 19.1. The lowest BCUT2D eigenvalue weighted by Crippen LogP contribution is -2.48. The highest BCUT2D eigenvalue weighted by molar-refractivity contribution is 14.0. The number of guanidine groups is 1. The summed E-state index contributed by atoms with van der Waals surface area (Å²) in [5.41, 5.74) is -0.822. The van der Waals surface area contributed by atoms with E-state index in [0.29, 0.717) is 19.0 Å².